The van der Waals surface area contributed by atoms with Crippen LogP contribution in [0.3, 0.4) is 0 Å². The smallest absolute Gasteiger partial charge is 0.258 e. The van der Waals surface area contributed by atoms with Crippen LogP contribution in [0.1, 0.15) is 0 Å². The lowest BCUT2D eigenvalue weighted by molar-refractivity contribution is -0.390. The first-order chi connectivity index (χ1) is 8.92. The number of rotatable bonds is 4. The van der Waals surface area contributed by atoms with Crippen LogP contribution in [-0.2, 0) is 10.0 Å². The van der Waals surface area contributed by atoms with Crippen molar-refractivity contribution >= 4 is 32.2 Å². The number of nitro benzene ring substituents is 1. The second-order valence-electron chi connectivity index (χ2n) is 3.19. The Morgan fingerprint density at radius 3 is 2.74 bits per heavy atom. The molecule has 0 aliphatic carbocycles. The Morgan fingerprint density at radius 2 is 2.16 bits per heavy atom. The first-order valence-corrected chi connectivity index (χ1v) is 7.00. The fourth-order valence-electron chi connectivity index (χ4n) is 1.28. The lowest BCUT2D eigenvalue weighted by Crippen LogP contribution is -2.15. The van der Waals surface area contributed by atoms with E-state index in [1.807, 2.05) is 4.72 Å². The van der Waals surface area contributed by atoms with E-state index in [9.17, 15) is 22.9 Å². The van der Waals surface area contributed by atoms with Crippen LogP contribution in [0.4, 0.5) is 15.2 Å². The van der Waals surface area contributed by atoms with Crippen LogP contribution in [0, 0.1) is 15.9 Å². The molecule has 0 aliphatic rings. The molecule has 0 bridgehead atoms. The molecular formula is C8H5FN4O4S2. The second kappa shape index (κ2) is 4.85. The van der Waals surface area contributed by atoms with Gasteiger partial charge in [0.15, 0.2) is 4.90 Å². The minimum absolute atomic E-state index is 0.0708. The van der Waals surface area contributed by atoms with Gasteiger partial charge in [-0.05, 0) is 12.1 Å². The number of anilines is 1. The minimum atomic E-state index is -4.31. The molecule has 0 spiro atoms. The maximum absolute atomic E-state index is 13.4. The summed E-state index contributed by atoms with van der Waals surface area (Å²) >= 11 is 0.887. The molecule has 19 heavy (non-hydrogen) atoms. The van der Waals surface area contributed by atoms with E-state index in [1.54, 1.807) is 0 Å². The molecule has 1 N–H and O–H groups in total. The van der Waals surface area contributed by atoms with Gasteiger partial charge in [0, 0.05) is 0 Å². The van der Waals surface area contributed by atoms with Gasteiger partial charge >= 0.3 is 5.69 Å². The number of aromatic nitrogens is 2. The number of nitrogens with one attached hydrogen (secondary N) is 1. The molecule has 2 aromatic rings. The molecule has 0 saturated carbocycles. The summed E-state index contributed by atoms with van der Waals surface area (Å²) in [6.07, 6.45) is 0. The summed E-state index contributed by atoms with van der Waals surface area (Å²) in [5.41, 5.74) is 0.164. The van der Waals surface area contributed by atoms with Gasteiger partial charge in [0.25, 0.3) is 10.0 Å². The van der Waals surface area contributed by atoms with Gasteiger partial charge in [-0.3, -0.25) is 14.8 Å². The van der Waals surface area contributed by atoms with Crippen LogP contribution in [0.5, 0.6) is 0 Å². The molecule has 2 rings (SSSR count). The highest BCUT2D eigenvalue weighted by atomic mass is 32.2. The van der Waals surface area contributed by atoms with Gasteiger partial charge in [-0.2, -0.15) is 4.39 Å². The highest BCUT2D eigenvalue weighted by Gasteiger charge is 2.29. The number of benzene rings is 1. The fourth-order valence-corrected chi connectivity index (χ4v) is 3.15. The van der Waals surface area contributed by atoms with Gasteiger partial charge in [-0.15, -0.1) is 10.2 Å². The normalized spacial score (nSPS) is 11.2. The Balaban J connectivity index is 2.52. The van der Waals surface area contributed by atoms with E-state index in [2.05, 4.69) is 10.2 Å². The average molecular weight is 304 g/mol. The summed E-state index contributed by atoms with van der Waals surface area (Å²) in [6, 6.07) is 2.81. The first-order valence-electron chi connectivity index (χ1n) is 4.63. The molecule has 0 amide bonds. The number of nitro groups is 1. The zero-order valence-corrected chi connectivity index (χ0v) is 10.6. The maximum Gasteiger partial charge on any atom is 0.325 e. The van der Waals surface area contributed by atoms with Crippen molar-refractivity contribution in [1.82, 2.24) is 10.2 Å². The molecule has 0 saturated heterocycles. The SMILES string of the molecule is O=[N+]([O-])c1c(F)cccc1S(=O)(=O)Nc1nncs1. The molecule has 0 fully saturated rings. The van der Waals surface area contributed by atoms with Crippen molar-refractivity contribution in [2.45, 2.75) is 4.90 Å². The van der Waals surface area contributed by atoms with E-state index < -0.39 is 31.3 Å². The van der Waals surface area contributed by atoms with Crippen LogP contribution in [0.25, 0.3) is 0 Å². The van der Waals surface area contributed by atoms with E-state index in [4.69, 9.17) is 0 Å². The summed E-state index contributed by atoms with van der Waals surface area (Å²) in [7, 11) is -4.31. The monoisotopic (exact) mass is 304 g/mol. The van der Waals surface area contributed by atoms with Gasteiger partial charge in [0.05, 0.1) is 4.92 Å². The van der Waals surface area contributed by atoms with Gasteiger partial charge in [0.2, 0.25) is 10.9 Å². The van der Waals surface area contributed by atoms with Crippen LogP contribution in [0.2, 0.25) is 0 Å². The van der Waals surface area contributed by atoms with Crippen molar-refractivity contribution in [3.8, 4) is 0 Å². The van der Waals surface area contributed by atoms with Crippen molar-refractivity contribution in [2.75, 3.05) is 4.72 Å². The number of nitrogens with zero attached hydrogens (tertiary/aromatic N) is 3. The Hall–Kier alpha value is -2.14. The van der Waals surface area contributed by atoms with Crippen molar-refractivity contribution < 1.29 is 17.7 Å². The quantitative estimate of drug-likeness (QED) is 0.674. The Morgan fingerprint density at radius 1 is 1.42 bits per heavy atom. The predicted molar refractivity (Wildman–Crippen MR) is 63.8 cm³/mol. The average Bonchev–Trinajstić information content (AvgIpc) is 2.80. The lowest BCUT2D eigenvalue weighted by Gasteiger charge is -2.05. The molecule has 100 valence electrons. The highest BCUT2D eigenvalue weighted by molar-refractivity contribution is 7.93. The molecule has 0 aliphatic heterocycles. The standard InChI is InChI=1S/C8H5FN4O4S2/c9-5-2-1-3-6(7(5)13(14)15)19(16,17)12-8-11-10-4-18-8/h1-4H,(H,11,12). The van der Waals surface area contributed by atoms with Crippen LogP contribution in [-0.4, -0.2) is 23.5 Å². The highest BCUT2D eigenvalue weighted by Crippen LogP contribution is 2.28. The maximum atomic E-state index is 13.4. The zero-order chi connectivity index (χ0) is 14.0. The Kier molecular flexibility index (Phi) is 3.40. The third-order valence-corrected chi connectivity index (χ3v) is 4.11. The topological polar surface area (TPSA) is 115 Å². The fraction of sp³-hybridized carbons (Fsp3) is 0. The summed E-state index contributed by atoms with van der Waals surface area (Å²) in [5, 5.41) is 17.5. The van der Waals surface area contributed by atoms with Crippen molar-refractivity contribution in [3.63, 3.8) is 0 Å². The first kappa shape index (κ1) is 13.3. The number of para-hydroxylation sites is 1. The van der Waals surface area contributed by atoms with Crippen molar-refractivity contribution in [2.24, 2.45) is 0 Å². The molecule has 1 aromatic carbocycles. The van der Waals surface area contributed by atoms with Crippen LogP contribution in [0.15, 0.2) is 28.6 Å². The van der Waals surface area contributed by atoms with Gasteiger partial charge in [0.1, 0.15) is 5.51 Å². The third kappa shape index (κ3) is 2.66. The molecule has 11 heteroatoms. The molecule has 0 radical (unpaired) electrons. The molecule has 8 nitrogen and oxygen atoms in total. The summed E-state index contributed by atoms with van der Waals surface area (Å²) in [6.45, 7) is 0. The van der Waals surface area contributed by atoms with E-state index in [0.29, 0.717) is 0 Å². The van der Waals surface area contributed by atoms with Gasteiger partial charge < -0.3 is 0 Å². The van der Waals surface area contributed by atoms with Crippen LogP contribution < -0.4 is 4.72 Å². The van der Waals surface area contributed by atoms with Crippen molar-refractivity contribution in [3.05, 3.63) is 39.6 Å². The summed E-state index contributed by atoms with van der Waals surface area (Å²) in [4.78, 5) is 8.88. The largest absolute Gasteiger partial charge is 0.325 e. The summed E-state index contributed by atoms with van der Waals surface area (Å²) in [5.74, 6) is -1.23. The number of hydrogen-bond donors (Lipinski definition) is 1. The van der Waals surface area contributed by atoms with Gasteiger partial charge in [-0.1, -0.05) is 17.4 Å². The van der Waals surface area contributed by atoms with E-state index >= 15 is 0 Å². The van der Waals surface area contributed by atoms with E-state index in [1.165, 1.54) is 5.51 Å². The lowest BCUT2D eigenvalue weighted by atomic mass is 10.3. The van der Waals surface area contributed by atoms with E-state index in [-0.39, 0.29) is 5.13 Å². The number of sulfonamides is 1. The molecule has 0 atom stereocenters. The second-order valence-corrected chi connectivity index (χ2v) is 5.68. The molecule has 0 unspecified atom stereocenters. The Bertz CT molecular complexity index is 716. The summed E-state index contributed by atoms with van der Waals surface area (Å²) < 4.78 is 39.2. The molecule has 1 aromatic heterocycles. The molecule has 1 heterocycles. The number of hydrogen-bond acceptors (Lipinski definition) is 7. The van der Waals surface area contributed by atoms with Crippen molar-refractivity contribution in [1.29, 1.82) is 0 Å². The molecular weight excluding hydrogens is 299 g/mol. The van der Waals surface area contributed by atoms with E-state index in [0.717, 1.165) is 29.5 Å². The minimum Gasteiger partial charge on any atom is -0.258 e. The Labute approximate surface area is 110 Å². The third-order valence-electron chi connectivity index (χ3n) is 2.00. The van der Waals surface area contributed by atoms with Crippen LogP contribution >= 0.6 is 11.3 Å². The zero-order valence-electron chi connectivity index (χ0n) is 8.98. The predicted octanol–water partition coefficient (Wildman–Crippen LogP) is 1.39. The number of halogens is 1. The van der Waals surface area contributed by atoms with Gasteiger partial charge in [-0.25, -0.2) is 8.42 Å².